The van der Waals surface area contributed by atoms with E-state index in [4.69, 9.17) is 4.74 Å². The lowest BCUT2D eigenvalue weighted by Gasteiger charge is -2.37. The number of imide groups is 1. The summed E-state index contributed by atoms with van der Waals surface area (Å²) in [7, 11) is 0. The van der Waals surface area contributed by atoms with Gasteiger partial charge in [0.2, 0.25) is 6.41 Å². The van der Waals surface area contributed by atoms with Gasteiger partial charge in [-0.3, -0.25) is 14.5 Å². The van der Waals surface area contributed by atoms with Gasteiger partial charge in [-0.2, -0.15) is 0 Å². The summed E-state index contributed by atoms with van der Waals surface area (Å²) in [4.78, 5) is 25.7. The smallest absolute Gasteiger partial charge is 0.260 e. The van der Waals surface area contributed by atoms with Crippen molar-refractivity contribution in [3.05, 3.63) is 35.4 Å². The third kappa shape index (κ3) is 3.20. The maximum absolute atomic E-state index is 12.8. The number of nitrogens with one attached hydrogen (secondary N) is 1. The van der Waals surface area contributed by atoms with Gasteiger partial charge in [-0.1, -0.05) is 18.2 Å². The van der Waals surface area contributed by atoms with Gasteiger partial charge in [-0.25, -0.2) is 0 Å². The Morgan fingerprint density at radius 2 is 2.09 bits per heavy atom. The number of rotatable bonds is 5. The summed E-state index contributed by atoms with van der Waals surface area (Å²) < 4.78 is 6.02. The Hall–Kier alpha value is -1.72. The van der Waals surface area contributed by atoms with E-state index in [1.165, 1.54) is 4.90 Å². The van der Waals surface area contributed by atoms with Crippen LogP contribution in [0.5, 0.6) is 0 Å². The molecular weight excluding hydrogens is 280 g/mol. The standard InChI is InChI=1S/C17H22N2O3/c1-12-4-2-3-5-14(12)17(21)19(11-20)15-10-18-9-8-16(15)22-13-6-7-13/h2-5,11,13,15-16,18H,6-10H2,1H3/t15-,16+/m0/s1. The highest BCUT2D eigenvalue weighted by Gasteiger charge is 2.37. The fourth-order valence-corrected chi connectivity index (χ4v) is 2.93. The Morgan fingerprint density at radius 3 is 2.77 bits per heavy atom. The van der Waals surface area contributed by atoms with Crippen LogP contribution in [0.15, 0.2) is 24.3 Å². The first-order valence-electron chi connectivity index (χ1n) is 7.90. The number of hydrogen-bond donors (Lipinski definition) is 1. The van der Waals surface area contributed by atoms with Crippen LogP contribution in [-0.2, 0) is 9.53 Å². The summed E-state index contributed by atoms with van der Waals surface area (Å²) in [5.41, 5.74) is 1.45. The summed E-state index contributed by atoms with van der Waals surface area (Å²) in [6.45, 7) is 3.33. The van der Waals surface area contributed by atoms with Crippen molar-refractivity contribution >= 4 is 12.3 Å². The molecule has 2 aliphatic rings. The molecule has 118 valence electrons. The molecule has 5 nitrogen and oxygen atoms in total. The van der Waals surface area contributed by atoms with Crippen LogP contribution in [-0.4, -0.2) is 48.6 Å². The molecule has 0 aromatic heterocycles. The fourth-order valence-electron chi connectivity index (χ4n) is 2.93. The Kier molecular flexibility index (Phi) is 4.55. The molecule has 5 heteroatoms. The van der Waals surface area contributed by atoms with Crippen molar-refractivity contribution in [3.63, 3.8) is 0 Å². The number of amides is 2. The minimum atomic E-state index is -0.244. The number of aryl methyl sites for hydroxylation is 1. The molecule has 0 spiro atoms. The number of carbonyl (C=O) groups excluding carboxylic acids is 2. The molecule has 1 saturated carbocycles. The Balaban J connectivity index is 1.80. The summed E-state index contributed by atoms with van der Waals surface area (Å²) in [6, 6.07) is 7.12. The zero-order valence-corrected chi connectivity index (χ0v) is 12.8. The van der Waals surface area contributed by atoms with E-state index in [-0.39, 0.29) is 18.1 Å². The van der Waals surface area contributed by atoms with Gasteiger partial charge in [-0.15, -0.1) is 0 Å². The molecule has 1 heterocycles. The van der Waals surface area contributed by atoms with Crippen molar-refractivity contribution in [3.8, 4) is 0 Å². The van der Waals surface area contributed by atoms with Crippen LogP contribution in [0.1, 0.15) is 35.2 Å². The molecule has 1 N–H and O–H groups in total. The van der Waals surface area contributed by atoms with Crippen molar-refractivity contribution in [2.45, 2.75) is 44.4 Å². The zero-order chi connectivity index (χ0) is 15.5. The lowest BCUT2D eigenvalue weighted by molar-refractivity contribution is -0.122. The Labute approximate surface area is 130 Å². The second-order valence-electron chi connectivity index (χ2n) is 6.07. The summed E-state index contributed by atoms with van der Waals surface area (Å²) in [5, 5.41) is 3.26. The molecule has 0 unspecified atom stereocenters. The molecule has 1 aliphatic carbocycles. The van der Waals surface area contributed by atoms with E-state index in [9.17, 15) is 9.59 Å². The summed E-state index contributed by atoms with van der Waals surface area (Å²) in [6.07, 6.45) is 3.90. The van der Waals surface area contributed by atoms with Crippen LogP contribution in [0.4, 0.5) is 0 Å². The second-order valence-corrected chi connectivity index (χ2v) is 6.07. The van der Waals surface area contributed by atoms with Gasteiger partial charge < -0.3 is 10.1 Å². The molecule has 2 amide bonds. The number of nitrogens with zero attached hydrogens (tertiary/aromatic N) is 1. The van der Waals surface area contributed by atoms with Crippen LogP contribution in [0.25, 0.3) is 0 Å². The predicted octanol–water partition coefficient (Wildman–Crippen LogP) is 1.50. The normalized spacial score (nSPS) is 24.8. The van der Waals surface area contributed by atoms with Crippen molar-refractivity contribution < 1.29 is 14.3 Å². The van der Waals surface area contributed by atoms with Crippen molar-refractivity contribution in [1.29, 1.82) is 0 Å². The summed E-state index contributed by atoms with van der Waals surface area (Å²) >= 11 is 0. The van der Waals surface area contributed by atoms with Gasteiger partial charge in [0.05, 0.1) is 18.2 Å². The van der Waals surface area contributed by atoms with Crippen molar-refractivity contribution in [2.75, 3.05) is 13.1 Å². The molecule has 2 fully saturated rings. The van der Waals surface area contributed by atoms with Crippen LogP contribution in [0, 0.1) is 6.92 Å². The molecule has 1 saturated heterocycles. The lowest BCUT2D eigenvalue weighted by atomic mass is 10.0. The highest BCUT2D eigenvalue weighted by molar-refractivity contribution is 6.01. The van der Waals surface area contributed by atoms with E-state index in [1.54, 1.807) is 6.07 Å². The number of ether oxygens (including phenoxy) is 1. The average Bonchev–Trinajstić information content (AvgIpc) is 3.34. The lowest BCUT2D eigenvalue weighted by Crippen LogP contribution is -2.56. The quantitative estimate of drug-likeness (QED) is 0.838. The minimum absolute atomic E-state index is 0.0630. The largest absolute Gasteiger partial charge is 0.373 e. The number of benzene rings is 1. The highest BCUT2D eigenvalue weighted by Crippen LogP contribution is 2.29. The van der Waals surface area contributed by atoms with Crippen LogP contribution in [0.2, 0.25) is 0 Å². The number of hydrogen-bond acceptors (Lipinski definition) is 4. The van der Waals surface area contributed by atoms with Crippen LogP contribution < -0.4 is 5.32 Å². The monoisotopic (exact) mass is 302 g/mol. The van der Waals surface area contributed by atoms with Gasteiger partial charge >= 0.3 is 0 Å². The number of piperidine rings is 1. The van der Waals surface area contributed by atoms with Crippen LogP contribution in [0.3, 0.4) is 0 Å². The Morgan fingerprint density at radius 1 is 1.32 bits per heavy atom. The van der Waals surface area contributed by atoms with E-state index in [1.807, 2.05) is 25.1 Å². The first-order chi connectivity index (χ1) is 10.7. The van der Waals surface area contributed by atoms with E-state index >= 15 is 0 Å². The van der Waals surface area contributed by atoms with Gasteiger partial charge in [0.25, 0.3) is 5.91 Å². The zero-order valence-electron chi connectivity index (χ0n) is 12.8. The van der Waals surface area contributed by atoms with Crippen LogP contribution >= 0.6 is 0 Å². The molecular formula is C17H22N2O3. The van der Waals surface area contributed by atoms with Crippen molar-refractivity contribution in [2.24, 2.45) is 0 Å². The highest BCUT2D eigenvalue weighted by atomic mass is 16.5. The van der Waals surface area contributed by atoms with Gasteiger partial charge in [-0.05, 0) is 44.4 Å². The van der Waals surface area contributed by atoms with E-state index < -0.39 is 0 Å². The minimum Gasteiger partial charge on any atom is -0.373 e. The maximum atomic E-state index is 12.8. The van der Waals surface area contributed by atoms with Gasteiger partial charge in [0.15, 0.2) is 0 Å². The van der Waals surface area contributed by atoms with Gasteiger partial charge in [0, 0.05) is 12.1 Å². The Bertz CT molecular complexity index is 557. The maximum Gasteiger partial charge on any atom is 0.260 e. The third-order valence-corrected chi connectivity index (χ3v) is 4.36. The molecule has 3 rings (SSSR count). The molecule has 22 heavy (non-hydrogen) atoms. The van der Waals surface area contributed by atoms with E-state index in [0.717, 1.165) is 31.4 Å². The van der Waals surface area contributed by atoms with E-state index in [0.29, 0.717) is 24.6 Å². The van der Waals surface area contributed by atoms with Crippen molar-refractivity contribution in [1.82, 2.24) is 10.2 Å². The molecule has 1 aliphatic heterocycles. The first kappa shape index (κ1) is 15.2. The molecule has 2 atom stereocenters. The molecule has 0 bridgehead atoms. The van der Waals surface area contributed by atoms with Gasteiger partial charge in [0.1, 0.15) is 0 Å². The molecule has 1 aromatic rings. The second kappa shape index (κ2) is 6.58. The first-order valence-corrected chi connectivity index (χ1v) is 7.90. The topological polar surface area (TPSA) is 58.6 Å². The van der Waals surface area contributed by atoms with E-state index in [2.05, 4.69) is 5.32 Å². The third-order valence-electron chi connectivity index (χ3n) is 4.36. The number of carbonyl (C=O) groups is 2. The molecule has 1 aromatic carbocycles. The average molecular weight is 302 g/mol. The summed E-state index contributed by atoms with van der Waals surface area (Å²) in [5.74, 6) is -0.244. The molecule has 0 radical (unpaired) electrons. The SMILES string of the molecule is Cc1ccccc1C(=O)N(C=O)[C@H]1CNCC[C@H]1OC1CC1. The fraction of sp³-hybridized carbons (Fsp3) is 0.529. The predicted molar refractivity (Wildman–Crippen MR) is 82.6 cm³/mol.